The summed E-state index contributed by atoms with van der Waals surface area (Å²) in [4.78, 5) is 25.0. The Hall–Kier alpha value is -3.22. The summed E-state index contributed by atoms with van der Waals surface area (Å²) in [5.41, 5.74) is 2.48. The molecule has 2 aliphatic rings. The van der Waals surface area contributed by atoms with Gasteiger partial charge in [0.05, 0.1) is 23.2 Å². The molecule has 0 aliphatic carbocycles. The van der Waals surface area contributed by atoms with E-state index in [9.17, 15) is 14.9 Å². The number of carbonyl (C=O) groups excluding carboxylic acids is 1. The van der Waals surface area contributed by atoms with Gasteiger partial charge in [-0.15, -0.1) is 0 Å². The molecule has 0 saturated carbocycles. The monoisotopic (exact) mass is 350 g/mol. The Labute approximate surface area is 150 Å². The summed E-state index contributed by atoms with van der Waals surface area (Å²) in [6, 6.07) is 16.2. The fourth-order valence-electron chi connectivity index (χ4n) is 3.53. The Bertz CT molecular complexity index is 879. The molecule has 0 aromatic heterocycles. The molecule has 2 heterocycles. The van der Waals surface area contributed by atoms with Crippen LogP contribution < -0.4 is 5.01 Å². The number of fused-ring (bicyclic) bond motifs is 1. The number of carbonyl (C=O) groups is 1. The third-order valence-corrected chi connectivity index (χ3v) is 5.01. The standard InChI is InChI=1S/C19H18N4O3/c1-13(14-5-3-2-4-6-14)21-11-15-12-22(20-18(15)19(21)24)16-7-9-17(10-8-16)23(25)26/h2-10,13,15H,11-12H2,1H3/t13-,15-/m0/s1. The first-order chi connectivity index (χ1) is 12.5. The van der Waals surface area contributed by atoms with Crippen LogP contribution in [0.5, 0.6) is 0 Å². The smallest absolute Gasteiger partial charge is 0.271 e. The van der Waals surface area contributed by atoms with Gasteiger partial charge in [0.1, 0.15) is 5.71 Å². The van der Waals surface area contributed by atoms with Crippen LogP contribution in [0.15, 0.2) is 59.7 Å². The predicted molar refractivity (Wildman–Crippen MR) is 97.9 cm³/mol. The third-order valence-electron chi connectivity index (χ3n) is 5.01. The fraction of sp³-hybridized carbons (Fsp3) is 0.263. The van der Waals surface area contributed by atoms with E-state index in [1.807, 2.05) is 42.2 Å². The number of hydrazone groups is 1. The van der Waals surface area contributed by atoms with Gasteiger partial charge in [-0.2, -0.15) is 5.10 Å². The molecule has 2 aliphatic heterocycles. The Morgan fingerprint density at radius 1 is 1.12 bits per heavy atom. The molecule has 26 heavy (non-hydrogen) atoms. The quantitative estimate of drug-likeness (QED) is 0.627. The first-order valence-corrected chi connectivity index (χ1v) is 8.51. The van der Waals surface area contributed by atoms with E-state index in [0.717, 1.165) is 11.3 Å². The number of anilines is 1. The lowest BCUT2D eigenvalue weighted by atomic mass is 10.1. The Balaban J connectivity index is 1.52. The number of likely N-dealkylation sites (tertiary alicyclic amines) is 1. The van der Waals surface area contributed by atoms with Gasteiger partial charge in [-0.1, -0.05) is 30.3 Å². The largest absolute Gasteiger partial charge is 0.330 e. The molecular weight excluding hydrogens is 332 g/mol. The number of benzene rings is 2. The minimum absolute atomic E-state index is 0.00447. The van der Waals surface area contributed by atoms with Crippen LogP contribution >= 0.6 is 0 Å². The lowest BCUT2D eigenvalue weighted by Gasteiger charge is -2.26. The second-order valence-corrected chi connectivity index (χ2v) is 6.58. The van der Waals surface area contributed by atoms with Crippen molar-refractivity contribution in [1.82, 2.24) is 4.90 Å². The van der Waals surface area contributed by atoms with E-state index in [0.29, 0.717) is 18.8 Å². The maximum absolute atomic E-state index is 12.8. The number of non-ortho nitro benzene ring substituents is 1. The van der Waals surface area contributed by atoms with Gasteiger partial charge in [0, 0.05) is 24.6 Å². The van der Waals surface area contributed by atoms with Gasteiger partial charge in [-0.25, -0.2) is 0 Å². The van der Waals surface area contributed by atoms with Gasteiger partial charge in [0.15, 0.2) is 0 Å². The van der Waals surface area contributed by atoms with Crippen LogP contribution in [0.4, 0.5) is 11.4 Å². The molecule has 4 rings (SSSR count). The zero-order chi connectivity index (χ0) is 18.3. The Morgan fingerprint density at radius 3 is 2.42 bits per heavy atom. The summed E-state index contributed by atoms with van der Waals surface area (Å²) < 4.78 is 0. The van der Waals surface area contributed by atoms with Crippen LogP contribution in [0.1, 0.15) is 18.5 Å². The molecular formula is C19H18N4O3. The topological polar surface area (TPSA) is 79.1 Å². The normalized spacial score (nSPS) is 20.1. The number of nitrogens with zero attached hydrogens (tertiary/aromatic N) is 4. The van der Waals surface area contributed by atoms with Crippen molar-refractivity contribution in [2.75, 3.05) is 18.1 Å². The zero-order valence-corrected chi connectivity index (χ0v) is 14.3. The molecule has 1 saturated heterocycles. The van der Waals surface area contributed by atoms with E-state index in [1.54, 1.807) is 17.1 Å². The molecule has 0 N–H and O–H groups in total. The van der Waals surface area contributed by atoms with Gasteiger partial charge in [-0.05, 0) is 24.6 Å². The van der Waals surface area contributed by atoms with E-state index >= 15 is 0 Å². The van der Waals surface area contributed by atoms with Crippen molar-refractivity contribution in [3.8, 4) is 0 Å². The van der Waals surface area contributed by atoms with Crippen LogP contribution in [0.3, 0.4) is 0 Å². The van der Waals surface area contributed by atoms with Crippen molar-refractivity contribution < 1.29 is 9.72 Å². The van der Waals surface area contributed by atoms with E-state index in [1.165, 1.54) is 12.1 Å². The molecule has 2 atom stereocenters. The van der Waals surface area contributed by atoms with Crippen LogP contribution in [-0.2, 0) is 4.79 Å². The van der Waals surface area contributed by atoms with Crippen molar-refractivity contribution in [2.45, 2.75) is 13.0 Å². The number of hydrogen-bond acceptors (Lipinski definition) is 5. The molecule has 0 bridgehead atoms. The molecule has 0 unspecified atom stereocenters. The minimum Gasteiger partial charge on any atom is -0.330 e. The summed E-state index contributed by atoms with van der Waals surface area (Å²) in [7, 11) is 0. The highest BCUT2D eigenvalue weighted by molar-refractivity contribution is 6.42. The van der Waals surface area contributed by atoms with Gasteiger partial charge < -0.3 is 4.90 Å². The average Bonchev–Trinajstić information content (AvgIpc) is 3.21. The summed E-state index contributed by atoms with van der Waals surface area (Å²) in [5, 5.41) is 17.0. The fourth-order valence-corrected chi connectivity index (χ4v) is 3.53. The van der Waals surface area contributed by atoms with Crippen molar-refractivity contribution in [3.05, 3.63) is 70.3 Å². The lowest BCUT2D eigenvalue weighted by Crippen LogP contribution is -2.32. The van der Waals surface area contributed by atoms with Crippen molar-refractivity contribution in [2.24, 2.45) is 11.0 Å². The second-order valence-electron chi connectivity index (χ2n) is 6.58. The SMILES string of the molecule is C[C@@H](c1ccccc1)N1C[C@H]2CN(c3ccc([N+](=O)[O-])cc3)N=C2C1=O. The molecule has 132 valence electrons. The summed E-state index contributed by atoms with van der Waals surface area (Å²) in [6.45, 7) is 3.27. The van der Waals surface area contributed by atoms with E-state index in [4.69, 9.17) is 0 Å². The molecule has 1 amide bonds. The molecule has 2 aromatic rings. The Morgan fingerprint density at radius 2 is 1.81 bits per heavy atom. The number of rotatable bonds is 4. The molecule has 7 nitrogen and oxygen atoms in total. The first-order valence-electron chi connectivity index (χ1n) is 8.51. The van der Waals surface area contributed by atoms with Crippen molar-refractivity contribution in [3.63, 3.8) is 0 Å². The zero-order valence-electron chi connectivity index (χ0n) is 14.3. The predicted octanol–water partition coefficient (Wildman–Crippen LogP) is 2.99. The van der Waals surface area contributed by atoms with Crippen molar-refractivity contribution >= 4 is 23.0 Å². The van der Waals surface area contributed by atoms with Gasteiger partial charge in [0.2, 0.25) is 0 Å². The van der Waals surface area contributed by atoms with E-state index in [2.05, 4.69) is 5.10 Å². The van der Waals surface area contributed by atoms with Crippen LogP contribution in [0, 0.1) is 16.0 Å². The van der Waals surface area contributed by atoms with E-state index < -0.39 is 4.92 Å². The maximum atomic E-state index is 12.8. The first kappa shape index (κ1) is 16.3. The van der Waals surface area contributed by atoms with Crippen LogP contribution in [0.2, 0.25) is 0 Å². The van der Waals surface area contributed by atoms with E-state index in [-0.39, 0.29) is 23.6 Å². The highest BCUT2D eigenvalue weighted by Gasteiger charge is 2.44. The molecule has 1 fully saturated rings. The second kappa shape index (κ2) is 6.25. The third kappa shape index (κ3) is 2.71. The number of nitro benzene ring substituents is 1. The summed E-state index contributed by atoms with van der Waals surface area (Å²) >= 11 is 0. The number of hydrogen-bond donors (Lipinski definition) is 0. The lowest BCUT2D eigenvalue weighted by molar-refractivity contribution is -0.384. The van der Waals surface area contributed by atoms with Crippen LogP contribution in [-0.4, -0.2) is 34.5 Å². The molecule has 7 heteroatoms. The van der Waals surface area contributed by atoms with Gasteiger partial charge >= 0.3 is 0 Å². The summed E-state index contributed by atoms with van der Waals surface area (Å²) in [5.74, 6) is 0.0274. The summed E-state index contributed by atoms with van der Waals surface area (Å²) in [6.07, 6.45) is 0. The average molecular weight is 350 g/mol. The van der Waals surface area contributed by atoms with Gasteiger partial charge in [0.25, 0.3) is 11.6 Å². The number of amides is 1. The molecule has 0 radical (unpaired) electrons. The highest BCUT2D eigenvalue weighted by Crippen LogP contribution is 2.33. The maximum Gasteiger partial charge on any atom is 0.271 e. The number of nitro groups is 1. The van der Waals surface area contributed by atoms with Crippen molar-refractivity contribution in [1.29, 1.82) is 0 Å². The minimum atomic E-state index is -0.430. The van der Waals surface area contributed by atoms with Gasteiger partial charge in [-0.3, -0.25) is 19.9 Å². The Kier molecular flexibility index (Phi) is 3.91. The van der Waals surface area contributed by atoms with Crippen LogP contribution in [0.25, 0.3) is 0 Å². The molecule has 0 spiro atoms. The highest BCUT2D eigenvalue weighted by atomic mass is 16.6. The molecule has 2 aromatic carbocycles.